The lowest BCUT2D eigenvalue weighted by Crippen LogP contribution is -2.54. The van der Waals surface area contributed by atoms with Gasteiger partial charge in [0.25, 0.3) is 0 Å². The molecular formula is C13H24N2O. The van der Waals surface area contributed by atoms with Crippen LogP contribution in [0.15, 0.2) is 0 Å². The highest BCUT2D eigenvalue weighted by Crippen LogP contribution is 2.22. The average molecular weight is 224 g/mol. The van der Waals surface area contributed by atoms with Crippen molar-refractivity contribution in [1.29, 1.82) is 0 Å². The monoisotopic (exact) mass is 224 g/mol. The summed E-state index contributed by atoms with van der Waals surface area (Å²) in [5.41, 5.74) is 0. The smallest absolute Gasteiger partial charge is 0.0827 e. The van der Waals surface area contributed by atoms with Crippen LogP contribution < -0.4 is 5.32 Å². The maximum absolute atomic E-state index is 5.96. The summed E-state index contributed by atoms with van der Waals surface area (Å²) < 4.78 is 5.96. The Hall–Kier alpha value is -0.120. The lowest BCUT2D eigenvalue weighted by molar-refractivity contribution is -0.0746. The number of fused-ring (bicyclic) bond motifs is 1. The first kappa shape index (κ1) is 11.0. The second kappa shape index (κ2) is 5.03. The molecule has 0 amide bonds. The number of hydrogen-bond donors (Lipinski definition) is 1. The van der Waals surface area contributed by atoms with Crippen molar-refractivity contribution in [2.45, 2.75) is 56.7 Å². The Labute approximate surface area is 98.5 Å². The van der Waals surface area contributed by atoms with Crippen molar-refractivity contribution in [3.05, 3.63) is 0 Å². The van der Waals surface area contributed by atoms with E-state index in [0.29, 0.717) is 6.10 Å². The molecule has 3 fully saturated rings. The minimum absolute atomic E-state index is 0.440. The largest absolute Gasteiger partial charge is 0.374 e. The normalized spacial score (nSPS) is 36.8. The molecule has 2 atom stereocenters. The summed E-state index contributed by atoms with van der Waals surface area (Å²) in [7, 11) is 0. The Morgan fingerprint density at radius 3 is 2.88 bits per heavy atom. The van der Waals surface area contributed by atoms with Gasteiger partial charge >= 0.3 is 0 Å². The van der Waals surface area contributed by atoms with Gasteiger partial charge in [-0.05, 0) is 32.2 Å². The molecule has 92 valence electrons. The van der Waals surface area contributed by atoms with Gasteiger partial charge < -0.3 is 10.1 Å². The number of hydrogen-bond acceptors (Lipinski definition) is 3. The van der Waals surface area contributed by atoms with E-state index in [4.69, 9.17) is 4.74 Å². The van der Waals surface area contributed by atoms with Gasteiger partial charge in [-0.1, -0.05) is 12.8 Å². The lowest BCUT2D eigenvalue weighted by atomic mass is 9.93. The SMILES string of the molecule is C1CC(NCC2CN3CCCCC3CO2)C1. The fourth-order valence-corrected chi connectivity index (χ4v) is 3.08. The van der Waals surface area contributed by atoms with Crippen LogP contribution in [0.25, 0.3) is 0 Å². The van der Waals surface area contributed by atoms with Gasteiger partial charge in [-0.25, -0.2) is 0 Å². The number of nitrogens with one attached hydrogen (secondary N) is 1. The highest BCUT2D eigenvalue weighted by molar-refractivity contribution is 4.85. The highest BCUT2D eigenvalue weighted by atomic mass is 16.5. The first-order chi connectivity index (χ1) is 7.92. The predicted octanol–water partition coefficient (Wildman–Crippen LogP) is 1.38. The van der Waals surface area contributed by atoms with E-state index >= 15 is 0 Å². The molecule has 2 heterocycles. The average Bonchev–Trinajstić information content (AvgIpc) is 2.27. The third-order valence-corrected chi connectivity index (χ3v) is 4.45. The number of piperidine rings is 1. The Morgan fingerprint density at radius 1 is 1.12 bits per heavy atom. The quantitative estimate of drug-likeness (QED) is 0.784. The molecular weight excluding hydrogens is 200 g/mol. The van der Waals surface area contributed by atoms with Gasteiger partial charge in [0.1, 0.15) is 0 Å². The van der Waals surface area contributed by atoms with E-state index in [-0.39, 0.29) is 0 Å². The number of rotatable bonds is 3. The fourth-order valence-electron chi connectivity index (χ4n) is 3.08. The first-order valence-corrected chi connectivity index (χ1v) is 7.01. The van der Waals surface area contributed by atoms with Gasteiger partial charge in [0.15, 0.2) is 0 Å². The minimum Gasteiger partial charge on any atom is -0.374 e. The van der Waals surface area contributed by atoms with Gasteiger partial charge in [0.05, 0.1) is 12.7 Å². The van der Waals surface area contributed by atoms with Crippen LogP contribution in [0.1, 0.15) is 38.5 Å². The lowest BCUT2D eigenvalue weighted by Gasteiger charge is -2.43. The molecule has 3 aliphatic rings. The van der Waals surface area contributed by atoms with E-state index in [1.807, 2.05) is 0 Å². The summed E-state index contributed by atoms with van der Waals surface area (Å²) in [6.45, 7) is 4.49. The highest BCUT2D eigenvalue weighted by Gasteiger charge is 2.30. The van der Waals surface area contributed by atoms with Gasteiger partial charge in [0.2, 0.25) is 0 Å². The van der Waals surface area contributed by atoms with Crippen LogP contribution in [0.3, 0.4) is 0 Å². The summed E-state index contributed by atoms with van der Waals surface area (Å²) >= 11 is 0. The van der Waals surface area contributed by atoms with Crippen molar-refractivity contribution in [1.82, 2.24) is 10.2 Å². The Balaban J connectivity index is 1.43. The molecule has 3 rings (SSSR count). The molecule has 16 heavy (non-hydrogen) atoms. The van der Waals surface area contributed by atoms with Crippen molar-refractivity contribution >= 4 is 0 Å². The molecule has 1 aliphatic carbocycles. The fraction of sp³-hybridized carbons (Fsp3) is 1.00. The zero-order valence-electron chi connectivity index (χ0n) is 10.2. The Bertz CT molecular complexity index is 230. The Kier molecular flexibility index (Phi) is 3.46. The Morgan fingerprint density at radius 2 is 2.06 bits per heavy atom. The molecule has 0 aromatic carbocycles. The molecule has 0 aromatic heterocycles. The molecule has 0 spiro atoms. The maximum Gasteiger partial charge on any atom is 0.0827 e. The van der Waals surface area contributed by atoms with Gasteiger partial charge in [0, 0.05) is 25.2 Å². The topological polar surface area (TPSA) is 24.5 Å². The van der Waals surface area contributed by atoms with Crippen molar-refractivity contribution in [3.8, 4) is 0 Å². The van der Waals surface area contributed by atoms with E-state index in [9.17, 15) is 0 Å². The molecule has 0 bridgehead atoms. The summed E-state index contributed by atoms with van der Waals surface area (Å²) in [5.74, 6) is 0. The van der Waals surface area contributed by atoms with Gasteiger partial charge in [-0.2, -0.15) is 0 Å². The van der Waals surface area contributed by atoms with E-state index < -0.39 is 0 Å². The van der Waals surface area contributed by atoms with E-state index in [0.717, 1.165) is 31.8 Å². The third-order valence-electron chi connectivity index (χ3n) is 4.45. The summed E-state index contributed by atoms with van der Waals surface area (Å²) in [6.07, 6.45) is 8.74. The number of nitrogens with zero attached hydrogens (tertiary/aromatic N) is 1. The zero-order chi connectivity index (χ0) is 10.8. The van der Waals surface area contributed by atoms with Crippen LogP contribution in [-0.4, -0.2) is 49.3 Å². The molecule has 0 radical (unpaired) electrons. The van der Waals surface area contributed by atoms with Crippen molar-refractivity contribution in [2.24, 2.45) is 0 Å². The van der Waals surface area contributed by atoms with E-state index in [2.05, 4.69) is 10.2 Å². The second-order valence-corrected chi connectivity index (χ2v) is 5.64. The standard InChI is InChI=1S/C13H24N2O/c1-2-7-15-9-13(16-10-12(15)6-1)8-14-11-4-3-5-11/h11-14H,1-10H2. The van der Waals surface area contributed by atoms with Crippen LogP contribution in [0.5, 0.6) is 0 Å². The van der Waals surface area contributed by atoms with Crippen molar-refractivity contribution in [2.75, 3.05) is 26.2 Å². The molecule has 2 saturated heterocycles. The summed E-state index contributed by atoms with van der Waals surface area (Å²) in [4.78, 5) is 2.65. The van der Waals surface area contributed by atoms with Crippen molar-refractivity contribution < 1.29 is 4.74 Å². The molecule has 2 unspecified atom stereocenters. The van der Waals surface area contributed by atoms with Gasteiger partial charge in [-0.15, -0.1) is 0 Å². The molecule has 0 aromatic rings. The zero-order valence-corrected chi connectivity index (χ0v) is 10.2. The molecule has 2 aliphatic heterocycles. The minimum atomic E-state index is 0.440. The maximum atomic E-state index is 5.96. The summed E-state index contributed by atoms with van der Waals surface area (Å²) in [6, 6.07) is 1.52. The van der Waals surface area contributed by atoms with Crippen molar-refractivity contribution in [3.63, 3.8) is 0 Å². The first-order valence-electron chi connectivity index (χ1n) is 7.01. The van der Waals surface area contributed by atoms with Crippen LogP contribution >= 0.6 is 0 Å². The summed E-state index contributed by atoms with van der Waals surface area (Å²) in [5, 5.41) is 3.63. The second-order valence-electron chi connectivity index (χ2n) is 5.64. The molecule has 3 nitrogen and oxygen atoms in total. The van der Waals surface area contributed by atoms with Gasteiger partial charge in [-0.3, -0.25) is 4.90 Å². The van der Waals surface area contributed by atoms with Crippen LogP contribution in [0, 0.1) is 0 Å². The van der Waals surface area contributed by atoms with E-state index in [1.54, 1.807) is 0 Å². The van der Waals surface area contributed by atoms with Crippen LogP contribution in [0.2, 0.25) is 0 Å². The molecule has 1 saturated carbocycles. The van der Waals surface area contributed by atoms with Crippen LogP contribution in [-0.2, 0) is 4.74 Å². The predicted molar refractivity (Wildman–Crippen MR) is 64.6 cm³/mol. The number of ether oxygens (including phenoxy) is 1. The van der Waals surface area contributed by atoms with E-state index in [1.165, 1.54) is 45.1 Å². The third kappa shape index (κ3) is 2.41. The molecule has 3 heteroatoms. The molecule has 1 N–H and O–H groups in total. The number of morpholine rings is 1. The van der Waals surface area contributed by atoms with Crippen LogP contribution in [0.4, 0.5) is 0 Å².